The fourth-order valence-electron chi connectivity index (χ4n) is 2.21. The highest BCUT2D eigenvalue weighted by atomic mass is 35.5. The minimum absolute atomic E-state index is 0.0767. The van der Waals surface area contributed by atoms with Crippen LogP contribution in [0.25, 0.3) is 0 Å². The Hall–Kier alpha value is -1.51. The van der Waals surface area contributed by atoms with E-state index in [9.17, 15) is 18.3 Å². The zero-order valence-electron chi connectivity index (χ0n) is 14.3. The molecule has 1 aromatic heterocycles. The average molecular weight is 407 g/mol. The van der Waals surface area contributed by atoms with E-state index in [0.29, 0.717) is 5.56 Å². The standard InChI is InChI=1S/C17H18ClF3N2O2S/c1-15(2,3)16(24,11-7-22-10-23-8-11)9-25-12-4-5-14(13(18)6-12)26-17(19,20)21/h4-8,10,24H,9H2,1-3H3. The molecule has 0 amide bonds. The Morgan fingerprint density at radius 3 is 2.27 bits per heavy atom. The molecule has 0 spiro atoms. The highest BCUT2D eigenvalue weighted by Gasteiger charge is 2.43. The van der Waals surface area contributed by atoms with Gasteiger partial charge in [0.1, 0.15) is 24.3 Å². The van der Waals surface area contributed by atoms with Gasteiger partial charge in [-0.2, -0.15) is 13.2 Å². The van der Waals surface area contributed by atoms with Gasteiger partial charge in [-0.3, -0.25) is 0 Å². The summed E-state index contributed by atoms with van der Waals surface area (Å²) in [5.74, 6) is 0.251. The van der Waals surface area contributed by atoms with Crippen LogP contribution in [0, 0.1) is 5.41 Å². The number of alkyl halides is 3. The molecule has 0 aliphatic heterocycles. The van der Waals surface area contributed by atoms with Crippen LogP contribution in [0.1, 0.15) is 26.3 Å². The molecule has 0 saturated heterocycles. The Balaban J connectivity index is 2.21. The van der Waals surface area contributed by atoms with Crippen molar-refractivity contribution >= 4 is 23.4 Å². The molecule has 0 aliphatic carbocycles. The van der Waals surface area contributed by atoms with Crippen LogP contribution in [0.2, 0.25) is 5.02 Å². The van der Waals surface area contributed by atoms with Gasteiger partial charge in [-0.1, -0.05) is 32.4 Å². The molecular weight excluding hydrogens is 389 g/mol. The van der Waals surface area contributed by atoms with Crippen molar-refractivity contribution in [2.75, 3.05) is 6.61 Å². The van der Waals surface area contributed by atoms with Gasteiger partial charge >= 0.3 is 5.51 Å². The Morgan fingerprint density at radius 1 is 1.15 bits per heavy atom. The zero-order valence-corrected chi connectivity index (χ0v) is 15.9. The molecule has 1 aromatic carbocycles. The van der Waals surface area contributed by atoms with Crippen molar-refractivity contribution in [1.82, 2.24) is 9.97 Å². The number of thioether (sulfide) groups is 1. The van der Waals surface area contributed by atoms with Crippen molar-refractivity contribution in [3.63, 3.8) is 0 Å². The lowest BCUT2D eigenvalue weighted by Crippen LogP contribution is -2.45. The van der Waals surface area contributed by atoms with E-state index in [4.69, 9.17) is 16.3 Å². The maximum Gasteiger partial charge on any atom is 0.446 e. The van der Waals surface area contributed by atoms with Crippen molar-refractivity contribution in [2.45, 2.75) is 36.8 Å². The number of hydrogen-bond donors (Lipinski definition) is 1. The van der Waals surface area contributed by atoms with Crippen molar-refractivity contribution in [1.29, 1.82) is 0 Å². The third-order valence-electron chi connectivity index (χ3n) is 3.86. The van der Waals surface area contributed by atoms with Crippen LogP contribution in [0.4, 0.5) is 13.2 Å². The number of hydrogen-bond acceptors (Lipinski definition) is 5. The second-order valence-corrected chi connectivity index (χ2v) is 8.18. The number of halogens is 4. The van der Waals surface area contributed by atoms with E-state index in [1.807, 2.05) is 20.8 Å². The molecule has 4 nitrogen and oxygen atoms in total. The van der Waals surface area contributed by atoms with Gasteiger partial charge < -0.3 is 9.84 Å². The van der Waals surface area contributed by atoms with Crippen LogP contribution in [0.3, 0.4) is 0 Å². The summed E-state index contributed by atoms with van der Waals surface area (Å²) in [7, 11) is 0. The number of rotatable bonds is 5. The average Bonchev–Trinajstić information content (AvgIpc) is 2.53. The minimum atomic E-state index is -4.42. The third-order valence-corrected chi connectivity index (χ3v) is 5.09. The van der Waals surface area contributed by atoms with E-state index in [-0.39, 0.29) is 34.0 Å². The van der Waals surface area contributed by atoms with E-state index in [2.05, 4.69) is 9.97 Å². The number of nitrogens with zero attached hydrogens (tertiary/aromatic N) is 2. The monoisotopic (exact) mass is 406 g/mol. The quantitative estimate of drug-likeness (QED) is 0.704. The van der Waals surface area contributed by atoms with Crippen LogP contribution < -0.4 is 4.74 Å². The summed E-state index contributed by atoms with van der Waals surface area (Å²) in [6.45, 7) is 5.35. The molecule has 1 heterocycles. The molecule has 142 valence electrons. The molecular formula is C17H18ClF3N2O2S. The van der Waals surface area contributed by atoms with Gasteiger partial charge in [-0.05, 0) is 35.4 Å². The first-order chi connectivity index (χ1) is 11.9. The van der Waals surface area contributed by atoms with Gasteiger partial charge in [-0.25, -0.2) is 9.97 Å². The Morgan fingerprint density at radius 2 is 1.77 bits per heavy atom. The SMILES string of the molecule is CC(C)(C)C(O)(COc1ccc(SC(F)(F)F)c(Cl)c1)c1cncnc1. The lowest BCUT2D eigenvalue weighted by atomic mass is 9.73. The predicted octanol–water partition coefficient (Wildman–Crippen LogP) is 5.05. The van der Waals surface area contributed by atoms with Crippen molar-refractivity contribution in [3.8, 4) is 5.75 Å². The lowest BCUT2D eigenvalue weighted by molar-refractivity contribution is -0.0949. The maximum atomic E-state index is 12.5. The number of ether oxygens (including phenoxy) is 1. The normalized spacial score (nSPS) is 14.8. The number of benzene rings is 1. The van der Waals surface area contributed by atoms with Gasteiger partial charge in [0, 0.05) is 22.9 Å². The molecule has 0 saturated carbocycles. The molecule has 2 aromatic rings. The van der Waals surface area contributed by atoms with Crippen molar-refractivity contribution in [2.24, 2.45) is 5.41 Å². The summed E-state index contributed by atoms with van der Waals surface area (Å²) in [6, 6.07) is 3.91. The van der Waals surface area contributed by atoms with Gasteiger partial charge in [0.15, 0.2) is 0 Å². The fraction of sp³-hybridized carbons (Fsp3) is 0.412. The smallest absolute Gasteiger partial charge is 0.446 e. The largest absolute Gasteiger partial charge is 0.490 e. The summed E-state index contributed by atoms with van der Waals surface area (Å²) in [5, 5.41) is 11.1. The molecule has 0 aliphatic rings. The Bertz CT molecular complexity index is 754. The summed E-state index contributed by atoms with van der Waals surface area (Å²) in [4.78, 5) is 7.73. The molecule has 9 heteroatoms. The van der Waals surface area contributed by atoms with Gasteiger partial charge in [0.05, 0.1) is 5.02 Å². The van der Waals surface area contributed by atoms with Crippen LogP contribution in [-0.4, -0.2) is 27.2 Å². The van der Waals surface area contributed by atoms with E-state index < -0.39 is 16.5 Å². The number of aliphatic hydroxyl groups is 1. The minimum Gasteiger partial charge on any atom is -0.490 e. The highest BCUT2D eigenvalue weighted by Crippen LogP contribution is 2.42. The topological polar surface area (TPSA) is 55.2 Å². The lowest BCUT2D eigenvalue weighted by Gasteiger charge is -2.39. The van der Waals surface area contributed by atoms with E-state index in [1.54, 1.807) is 0 Å². The second kappa shape index (κ2) is 7.62. The second-order valence-electron chi connectivity index (χ2n) is 6.67. The van der Waals surface area contributed by atoms with Crippen LogP contribution in [-0.2, 0) is 5.60 Å². The molecule has 26 heavy (non-hydrogen) atoms. The van der Waals surface area contributed by atoms with Gasteiger partial charge in [0.2, 0.25) is 0 Å². The summed E-state index contributed by atoms with van der Waals surface area (Å²) >= 11 is 5.62. The van der Waals surface area contributed by atoms with Crippen LogP contribution >= 0.6 is 23.4 Å². The third kappa shape index (κ3) is 5.02. The highest BCUT2D eigenvalue weighted by molar-refractivity contribution is 8.00. The first-order valence-electron chi connectivity index (χ1n) is 7.58. The molecule has 0 radical (unpaired) electrons. The molecule has 1 N–H and O–H groups in total. The Kier molecular flexibility index (Phi) is 6.09. The Labute approximate surface area is 158 Å². The van der Waals surface area contributed by atoms with Gasteiger partial charge in [0.25, 0.3) is 0 Å². The molecule has 1 unspecified atom stereocenters. The fourth-order valence-corrected chi connectivity index (χ4v) is 3.04. The summed E-state index contributed by atoms with van der Waals surface area (Å²) in [6.07, 6.45) is 4.35. The first kappa shape index (κ1) is 20.8. The molecule has 0 bridgehead atoms. The van der Waals surface area contributed by atoms with Crippen LogP contribution in [0.5, 0.6) is 5.75 Å². The maximum absolute atomic E-state index is 12.5. The van der Waals surface area contributed by atoms with Crippen molar-refractivity contribution < 1.29 is 23.0 Å². The van der Waals surface area contributed by atoms with E-state index in [0.717, 1.165) is 0 Å². The van der Waals surface area contributed by atoms with Crippen LogP contribution in [0.15, 0.2) is 41.8 Å². The van der Waals surface area contributed by atoms with E-state index in [1.165, 1.54) is 36.9 Å². The summed E-state index contributed by atoms with van der Waals surface area (Å²) in [5.41, 5.74) is -5.98. The summed E-state index contributed by atoms with van der Waals surface area (Å²) < 4.78 is 43.1. The van der Waals surface area contributed by atoms with Gasteiger partial charge in [-0.15, -0.1) is 0 Å². The number of aromatic nitrogens is 2. The van der Waals surface area contributed by atoms with E-state index >= 15 is 0 Å². The predicted molar refractivity (Wildman–Crippen MR) is 94.2 cm³/mol. The molecule has 1 atom stereocenters. The molecule has 2 rings (SSSR count). The zero-order chi connectivity index (χ0) is 19.6. The van der Waals surface area contributed by atoms with Crippen molar-refractivity contribution in [3.05, 3.63) is 47.5 Å². The first-order valence-corrected chi connectivity index (χ1v) is 8.78. The molecule has 0 fully saturated rings.